The summed E-state index contributed by atoms with van der Waals surface area (Å²) in [5, 5.41) is 5.41. The van der Waals surface area contributed by atoms with Crippen LogP contribution in [0.25, 0.3) is 27.6 Å². The van der Waals surface area contributed by atoms with E-state index in [1.54, 1.807) is 24.2 Å². The zero-order valence-corrected chi connectivity index (χ0v) is 27.0. The monoisotopic (exact) mass is 611 g/mol. The summed E-state index contributed by atoms with van der Waals surface area (Å²) in [6, 6.07) is 26.8. The van der Waals surface area contributed by atoms with Crippen molar-refractivity contribution in [2.24, 2.45) is 0 Å². The van der Waals surface area contributed by atoms with Crippen molar-refractivity contribution in [2.45, 2.75) is 58.9 Å². The summed E-state index contributed by atoms with van der Waals surface area (Å²) in [4.78, 5) is 0. The van der Waals surface area contributed by atoms with Crippen molar-refractivity contribution < 1.29 is 53.5 Å². The molecule has 0 aliphatic heterocycles. The number of hydrogen-bond donors (Lipinski definition) is 0. The van der Waals surface area contributed by atoms with Gasteiger partial charge in [-0.3, -0.25) is 0 Å². The third kappa shape index (κ3) is 7.21. The molecule has 1 aliphatic carbocycles. The Hall–Kier alpha value is -1.22. The van der Waals surface area contributed by atoms with Crippen LogP contribution in [0.15, 0.2) is 78.4 Å². The van der Waals surface area contributed by atoms with Crippen LogP contribution in [0.2, 0.25) is 19.6 Å². The Morgan fingerprint density at radius 1 is 0.889 bits per heavy atom. The van der Waals surface area contributed by atoms with E-state index in [2.05, 4.69) is 119 Å². The summed E-state index contributed by atoms with van der Waals surface area (Å²) < 4.78 is 7.92. The molecular weight excluding hydrogens is 579 g/mol. The molecule has 1 nitrogen and oxygen atoms in total. The number of fused-ring (bicyclic) bond motifs is 4. The second kappa shape index (κ2) is 13.0. The predicted octanol–water partition coefficient (Wildman–Crippen LogP) is 2.62. The molecule has 36 heavy (non-hydrogen) atoms. The van der Waals surface area contributed by atoms with Crippen molar-refractivity contribution in [1.82, 2.24) is 0 Å². The number of benzene rings is 3. The first kappa shape index (κ1) is 31.0. The van der Waals surface area contributed by atoms with Crippen LogP contribution in [0.5, 0.6) is 0 Å². The molecule has 2 unspecified atom stereocenters. The van der Waals surface area contributed by atoms with Crippen molar-refractivity contribution in [3.63, 3.8) is 0 Å². The van der Waals surface area contributed by atoms with E-state index in [9.17, 15) is 0 Å². The molecule has 4 aromatic carbocycles. The first-order valence-corrected chi connectivity index (χ1v) is 16.8. The van der Waals surface area contributed by atoms with Crippen LogP contribution in [-0.2, 0) is 28.7 Å². The smallest absolute Gasteiger partial charge is 1.00 e. The van der Waals surface area contributed by atoms with E-state index < -0.39 is 8.32 Å². The molecule has 0 spiro atoms. The summed E-state index contributed by atoms with van der Waals surface area (Å²) in [7, 11) is -1.57. The molecule has 0 saturated heterocycles. The molecule has 1 aliphatic rings. The minimum Gasteiger partial charge on any atom is -1.00 e. The molecule has 0 radical (unpaired) electrons. The summed E-state index contributed by atoms with van der Waals surface area (Å²) in [6.07, 6.45) is 3.61. The van der Waals surface area contributed by atoms with Gasteiger partial charge in [-0.25, -0.2) is 0 Å². The van der Waals surface area contributed by atoms with Gasteiger partial charge in [0.05, 0.1) is 0 Å². The first-order chi connectivity index (χ1) is 16.1. The first-order valence-electron chi connectivity index (χ1n) is 12.2. The van der Waals surface area contributed by atoms with Crippen LogP contribution in [-0.4, -0.2) is 17.6 Å². The van der Waals surface area contributed by atoms with Crippen LogP contribution in [0.4, 0.5) is 0 Å². The molecular formula is C31H35Cl2OSiZr-. The fourth-order valence-corrected chi connectivity index (χ4v) is 6.45. The average molecular weight is 614 g/mol. The molecule has 188 valence electrons. The second-order valence-electron chi connectivity index (χ2n) is 10.6. The van der Waals surface area contributed by atoms with Crippen molar-refractivity contribution in [3.8, 4) is 0 Å². The van der Waals surface area contributed by atoms with Crippen molar-refractivity contribution in [2.75, 3.05) is 0 Å². The fraction of sp³-hybridized carbons (Fsp3) is 0.290. The van der Waals surface area contributed by atoms with E-state index in [1.165, 1.54) is 47.0 Å². The Bertz CT molecular complexity index is 1360. The summed E-state index contributed by atoms with van der Waals surface area (Å²) >= 11 is 1.55. The minimum atomic E-state index is -1.57. The molecule has 2 atom stereocenters. The van der Waals surface area contributed by atoms with Crippen LogP contribution in [0.1, 0.15) is 49.8 Å². The van der Waals surface area contributed by atoms with Gasteiger partial charge in [-0.1, -0.05) is 77.9 Å². The van der Waals surface area contributed by atoms with E-state index in [0.717, 1.165) is 6.42 Å². The molecule has 5 rings (SSSR count). The van der Waals surface area contributed by atoms with Gasteiger partial charge < -0.3 is 29.2 Å². The molecule has 0 aromatic heterocycles. The van der Waals surface area contributed by atoms with Gasteiger partial charge >= 0.3 is 41.3 Å². The molecule has 0 bridgehead atoms. The largest absolute Gasteiger partial charge is 1.00 e. The van der Waals surface area contributed by atoms with Gasteiger partial charge in [0.15, 0.2) is 8.32 Å². The maximum atomic E-state index is 6.42. The minimum absolute atomic E-state index is 0. The summed E-state index contributed by atoms with van der Waals surface area (Å²) in [6.45, 7) is 13.3. The molecule has 0 N–H and O–H groups in total. The maximum absolute atomic E-state index is 6.42. The average Bonchev–Trinajstić information content (AvgIpc) is 3.29. The summed E-state index contributed by atoms with van der Waals surface area (Å²) in [5.74, 6) is 0.300. The van der Waals surface area contributed by atoms with Gasteiger partial charge in [-0.05, 0) is 44.1 Å². The zero-order valence-electron chi connectivity index (χ0n) is 22.0. The van der Waals surface area contributed by atoms with Gasteiger partial charge in [0.2, 0.25) is 0 Å². The number of hydrogen-bond acceptors (Lipinski definition) is 1. The molecule has 0 saturated carbocycles. The van der Waals surface area contributed by atoms with Crippen LogP contribution < -0.4 is 24.8 Å². The normalized spacial score (nSPS) is 15.2. The SMILES string of the molecule is CC(CC1=Cc2ccccc2C1c1cccc2c1[cH-]c1ccccc12)O[Si](C)(C)C.C[C](C)=[Zr+2].[Cl-].[Cl-]. The van der Waals surface area contributed by atoms with Gasteiger partial charge in [-0.2, -0.15) is 0 Å². The van der Waals surface area contributed by atoms with E-state index in [0.29, 0.717) is 5.92 Å². The van der Waals surface area contributed by atoms with E-state index in [4.69, 9.17) is 4.43 Å². The third-order valence-corrected chi connectivity index (χ3v) is 7.21. The van der Waals surface area contributed by atoms with E-state index in [-0.39, 0.29) is 30.9 Å². The molecule has 0 fully saturated rings. The van der Waals surface area contributed by atoms with Crippen LogP contribution in [0.3, 0.4) is 0 Å². The molecule has 5 heteroatoms. The fourth-order valence-electron chi connectivity index (χ4n) is 5.16. The Morgan fingerprint density at radius 3 is 2.17 bits per heavy atom. The standard InChI is InChI=1S/C28H29OSi.C3H6.2ClH.Zr/c1-19(29-30(2,3)4)16-22-17-20-10-6-8-13-24(20)28(22)26-15-9-14-25-23-12-7-5-11-21(23)18-27(25)26;1-3-2;;;/h5-15,17-19,28H,16H2,1-4H3;1-2H3;2*1H;/q-1;;;;+2/p-2. The Labute approximate surface area is 245 Å². The predicted molar refractivity (Wildman–Crippen MR) is 148 cm³/mol. The molecule has 0 amide bonds. The molecule has 4 aromatic rings. The molecule has 0 heterocycles. The number of rotatable bonds is 5. The quantitative estimate of drug-likeness (QED) is 0.249. The Morgan fingerprint density at radius 2 is 1.47 bits per heavy atom. The topological polar surface area (TPSA) is 9.23 Å². The van der Waals surface area contributed by atoms with Gasteiger partial charge in [0.1, 0.15) is 0 Å². The second-order valence-corrected chi connectivity index (χ2v) is 17.5. The van der Waals surface area contributed by atoms with Crippen molar-refractivity contribution in [3.05, 3.63) is 95.1 Å². The number of halogens is 2. The van der Waals surface area contributed by atoms with Crippen LogP contribution >= 0.6 is 0 Å². The maximum Gasteiger partial charge on any atom is -1.00 e. The van der Waals surface area contributed by atoms with Gasteiger partial charge in [-0.15, -0.1) is 33.7 Å². The van der Waals surface area contributed by atoms with Gasteiger partial charge in [0.25, 0.3) is 0 Å². The van der Waals surface area contributed by atoms with Crippen molar-refractivity contribution >= 4 is 39.1 Å². The Balaban J connectivity index is 0.000000710. The zero-order chi connectivity index (χ0) is 24.5. The van der Waals surface area contributed by atoms with Crippen LogP contribution in [0, 0.1) is 0 Å². The summed E-state index contributed by atoms with van der Waals surface area (Å²) in [5.41, 5.74) is 5.66. The van der Waals surface area contributed by atoms with E-state index >= 15 is 0 Å². The van der Waals surface area contributed by atoms with Crippen molar-refractivity contribution in [1.29, 1.82) is 0 Å². The Kier molecular flexibility index (Phi) is 11.2. The third-order valence-electron chi connectivity index (χ3n) is 6.10. The van der Waals surface area contributed by atoms with E-state index in [1.807, 2.05) is 0 Å². The van der Waals surface area contributed by atoms with Gasteiger partial charge in [0, 0.05) is 12.0 Å².